The number of para-hydroxylation sites is 2. The molecule has 0 radical (unpaired) electrons. The average Bonchev–Trinajstić information content (AvgIpc) is 2.68. The standard InChI is InChI=1S/C19H27N5O3/c1-21-17(14-18(25)22(2)19(21)26)24-11-9-23(10-12-24)8-5-13-27-16-7-4-3-6-15(16)20/h3-4,6-7,14H,5,8-13,20H2,1-2H3. The molecule has 1 aromatic carbocycles. The lowest BCUT2D eigenvalue weighted by Crippen LogP contribution is -2.49. The predicted octanol–water partition coefficient (Wildman–Crippen LogP) is 0.257. The van der Waals surface area contributed by atoms with Crippen molar-refractivity contribution in [1.29, 1.82) is 0 Å². The van der Waals surface area contributed by atoms with Crippen LogP contribution in [0.15, 0.2) is 39.9 Å². The Labute approximate surface area is 158 Å². The van der Waals surface area contributed by atoms with Gasteiger partial charge in [-0.15, -0.1) is 0 Å². The van der Waals surface area contributed by atoms with Crippen molar-refractivity contribution in [1.82, 2.24) is 14.0 Å². The number of hydrogen-bond acceptors (Lipinski definition) is 6. The molecule has 8 nitrogen and oxygen atoms in total. The van der Waals surface area contributed by atoms with Crippen molar-refractivity contribution in [3.63, 3.8) is 0 Å². The van der Waals surface area contributed by atoms with Gasteiger partial charge in [-0.1, -0.05) is 12.1 Å². The highest BCUT2D eigenvalue weighted by atomic mass is 16.5. The summed E-state index contributed by atoms with van der Waals surface area (Å²) in [7, 11) is 3.20. The first kappa shape index (κ1) is 19.0. The minimum absolute atomic E-state index is 0.270. The molecule has 2 aromatic rings. The molecule has 0 bridgehead atoms. The molecule has 146 valence electrons. The Bertz CT molecular complexity index is 897. The lowest BCUT2D eigenvalue weighted by Gasteiger charge is -2.36. The highest BCUT2D eigenvalue weighted by Gasteiger charge is 2.20. The van der Waals surface area contributed by atoms with E-state index < -0.39 is 0 Å². The summed E-state index contributed by atoms with van der Waals surface area (Å²) in [5.74, 6) is 1.42. The predicted molar refractivity (Wildman–Crippen MR) is 107 cm³/mol. The number of nitrogens with two attached hydrogens (primary N) is 1. The first-order chi connectivity index (χ1) is 13.0. The molecule has 0 unspecified atom stereocenters. The zero-order chi connectivity index (χ0) is 19.4. The Morgan fingerprint density at radius 1 is 1.04 bits per heavy atom. The molecule has 2 heterocycles. The highest BCUT2D eigenvalue weighted by Crippen LogP contribution is 2.19. The fourth-order valence-electron chi connectivity index (χ4n) is 3.31. The Morgan fingerprint density at radius 2 is 1.74 bits per heavy atom. The summed E-state index contributed by atoms with van der Waals surface area (Å²) < 4.78 is 8.40. The number of benzene rings is 1. The van der Waals surface area contributed by atoms with E-state index in [-0.39, 0.29) is 11.2 Å². The Balaban J connectivity index is 1.48. The van der Waals surface area contributed by atoms with Crippen molar-refractivity contribution in [3.8, 4) is 5.75 Å². The SMILES string of the molecule is Cn1c(N2CCN(CCCOc3ccccc3N)CC2)cc(=O)n(C)c1=O. The van der Waals surface area contributed by atoms with Gasteiger partial charge in [0.15, 0.2) is 0 Å². The summed E-state index contributed by atoms with van der Waals surface area (Å²) in [5.41, 5.74) is 5.96. The van der Waals surface area contributed by atoms with Crippen LogP contribution in [0.4, 0.5) is 11.5 Å². The molecule has 0 atom stereocenters. The van der Waals surface area contributed by atoms with Gasteiger partial charge in [0.1, 0.15) is 11.6 Å². The fourth-order valence-corrected chi connectivity index (χ4v) is 3.31. The Hall–Kier alpha value is -2.74. The van der Waals surface area contributed by atoms with Gasteiger partial charge in [-0.2, -0.15) is 0 Å². The Kier molecular flexibility index (Phi) is 5.85. The number of hydrogen-bond donors (Lipinski definition) is 1. The van der Waals surface area contributed by atoms with Crippen LogP contribution in [0.2, 0.25) is 0 Å². The van der Waals surface area contributed by atoms with E-state index in [1.807, 2.05) is 24.3 Å². The number of anilines is 2. The Morgan fingerprint density at radius 3 is 2.44 bits per heavy atom. The lowest BCUT2D eigenvalue weighted by atomic mass is 10.3. The average molecular weight is 373 g/mol. The van der Waals surface area contributed by atoms with E-state index in [1.54, 1.807) is 7.05 Å². The summed E-state index contributed by atoms with van der Waals surface area (Å²) in [6.45, 7) is 4.90. The maximum Gasteiger partial charge on any atom is 0.332 e. The summed E-state index contributed by atoms with van der Waals surface area (Å²) in [4.78, 5) is 28.5. The second kappa shape index (κ2) is 8.30. The number of aromatic nitrogens is 2. The van der Waals surface area contributed by atoms with Crippen molar-refractivity contribution in [2.45, 2.75) is 6.42 Å². The van der Waals surface area contributed by atoms with Crippen molar-refractivity contribution in [3.05, 3.63) is 51.2 Å². The zero-order valence-electron chi connectivity index (χ0n) is 15.9. The second-order valence-corrected chi connectivity index (χ2v) is 6.81. The molecule has 0 aliphatic carbocycles. The maximum atomic E-state index is 12.1. The summed E-state index contributed by atoms with van der Waals surface area (Å²) in [5, 5.41) is 0. The van der Waals surface area contributed by atoms with Crippen molar-refractivity contribution >= 4 is 11.5 Å². The van der Waals surface area contributed by atoms with Crippen molar-refractivity contribution < 1.29 is 4.74 Å². The van der Waals surface area contributed by atoms with Crippen LogP contribution in [-0.4, -0.2) is 53.4 Å². The number of rotatable bonds is 6. The smallest absolute Gasteiger partial charge is 0.332 e. The van der Waals surface area contributed by atoms with Gasteiger partial charge < -0.3 is 15.4 Å². The van der Waals surface area contributed by atoms with Gasteiger partial charge in [-0.3, -0.25) is 18.8 Å². The van der Waals surface area contributed by atoms with Crippen LogP contribution < -0.4 is 26.6 Å². The van der Waals surface area contributed by atoms with E-state index in [0.29, 0.717) is 18.1 Å². The molecular formula is C19H27N5O3. The quantitative estimate of drug-likeness (QED) is 0.577. The van der Waals surface area contributed by atoms with E-state index in [9.17, 15) is 9.59 Å². The monoisotopic (exact) mass is 373 g/mol. The molecule has 2 N–H and O–H groups in total. The maximum absolute atomic E-state index is 12.1. The molecule has 1 aliphatic rings. The largest absolute Gasteiger partial charge is 0.491 e. The molecular weight excluding hydrogens is 346 g/mol. The molecule has 0 saturated carbocycles. The fraction of sp³-hybridized carbons (Fsp3) is 0.474. The van der Waals surface area contributed by atoms with Gasteiger partial charge in [-0.05, 0) is 18.6 Å². The molecule has 0 amide bonds. The first-order valence-electron chi connectivity index (χ1n) is 9.19. The third-order valence-electron chi connectivity index (χ3n) is 4.99. The van der Waals surface area contributed by atoms with Crippen molar-refractivity contribution in [2.75, 3.05) is 50.0 Å². The summed E-state index contributed by atoms with van der Waals surface area (Å²) >= 11 is 0. The van der Waals surface area contributed by atoms with E-state index in [2.05, 4.69) is 9.80 Å². The van der Waals surface area contributed by atoms with E-state index >= 15 is 0 Å². The minimum atomic E-state index is -0.294. The van der Waals surface area contributed by atoms with E-state index in [0.717, 1.165) is 49.5 Å². The lowest BCUT2D eigenvalue weighted by molar-refractivity contribution is 0.224. The van der Waals surface area contributed by atoms with Gasteiger partial charge in [-0.25, -0.2) is 4.79 Å². The van der Waals surface area contributed by atoms with Gasteiger partial charge in [0.05, 0.1) is 12.3 Å². The molecule has 3 rings (SSSR count). The van der Waals surface area contributed by atoms with Gasteiger partial charge in [0, 0.05) is 52.9 Å². The molecule has 27 heavy (non-hydrogen) atoms. The molecule has 1 fully saturated rings. The van der Waals surface area contributed by atoms with Crippen LogP contribution in [0.3, 0.4) is 0 Å². The molecule has 0 spiro atoms. The topological polar surface area (TPSA) is 85.7 Å². The number of nitrogens with zero attached hydrogens (tertiary/aromatic N) is 4. The van der Waals surface area contributed by atoms with Crippen LogP contribution in [0, 0.1) is 0 Å². The molecule has 8 heteroatoms. The minimum Gasteiger partial charge on any atom is -0.491 e. The van der Waals surface area contributed by atoms with Gasteiger partial charge in [0.25, 0.3) is 5.56 Å². The third-order valence-corrected chi connectivity index (χ3v) is 4.99. The van der Waals surface area contributed by atoms with E-state index in [1.165, 1.54) is 17.7 Å². The van der Waals surface area contributed by atoms with Crippen LogP contribution in [0.5, 0.6) is 5.75 Å². The zero-order valence-corrected chi connectivity index (χ0v) is 15.9. The summed E-state index contributed by atoms with van der Waals surface area (Å²) in [6.07, 6.45) is 0.915. The van der Waals surface area contributed by atoms with Gasteiger partial charge >= 0.3 is 5.69 Å². The van der Waals surface area contributed by atoms with Crippen molar-refractivity contribution in [2.24, 2.45) is 14.1 Å². The van der Waals surface area contributed by atoms with Crippen LogP contribution in [0.25, 0.3) is 0 Å². The molecule has 1 saturated heterocycles. The number of ether oxygens (including phenoxy) is 1. The van der Waals surface area contributed by atoms with Crippen LogP contribution in [0.1, 0.15) is 6.42 Å². The number of nitrogen functional groups attached to an aromatic ring is 1. The number of piperazine rings is 1. The van der Waals surface area contributed by atoms with Gasteiger partial charge in [0.2, 0.25) is 0 Å². The molecule has 1 aromatic heterocycles. The van der Waals surface area contributed by atoms with Crippen LogP contribution in [-0.2, 0) is 14.1 Å². The second-order valence-electron chi connectivity index (χ2n) is 6.81. The first-order valence-corrected chi connectivity index (χ1v) is 9.19. The third kappa shape index (κ3) is 4.33. The highest BCUT2D eigenvalue weighted by molar-refractivity contribution is 5.51. The molecule has 1 aliphatic heterocycles. The van der Waals surface area contributed by atoms with E-state index in [4.69, 9.17) is 10.5 Å². The normalized spacial score (nSPS) is 15.1. The summed E-state index contributed by atoms with van der Waals surface area (Å²) in [6, 6.07) is 9.05. The van der Waals surface area contributed by atoms with Crippen LogP contribution >= 0.6 is 0 Å².